The van der Waals surface area contributed by atoms with E-state index in [0.717, 1.165) is 25.0 Å². The normalized spacial score (nSPS) is 21.3. The number of fused-ring (bicyclic) bond motifs is 1. The summed E-state index contributed by atoms with van der Waals surface area (Å²) in [6.07, 6.45) is 4.38. The Morgan fingerprint density at radius 3 is 2.53 bits per heavy atom. The summed E-state index contributed by atoms with van der Waals surface area (Å²) in [7, 11) is -5.26. The summed E-state index contributed by atoms with van der Waals surface area (Å²) in [4.78, 5) is 3.93. The second-order valence-electron chi connectivity index (χ2n) is 8.08. The summed E-state index contributed by atoms with van der Waals surface area (Å²) in [5.74, 6) is 0.183. The molecule has 0 bridgehead atoms. The molecule has 1 aliphatic heterocycles. The zero-order valence-electron chi connectivity index (χ0n) is 17.1. The number of nitriles is 1. The molecule has 2 fully saturated rings. The zero-order valence-corrected chi connectivity index (χ0v) is 18.7. The molecule has 4 rings (SSSR count). The second-order valence-corrected chi connectivity index (χ2v) is 10.4. The number of aliphatic hydroxyl groups excluding tert-OH is 1. The molecule has 1 aliphatic carbocycles. The summed E-state index contributed by atoms with van der Waals surface area (Å²) in [5, 5.41) is 23.0. The van der Waals surface area contributed by atoms with Gasteiger partial charge in [0.1, 0.15) is 11.6 Å². The van der Waals surface area contributed by atoms with E-state index in [0.29, 0.717) is 22.5 Å². The maximum absolute atomic E-state index is 12.0. The van der Waals surface area contributed by atoms with Crippen molar-refractivity contribution in [2.75, 3.05) is 18.8 Å². The number of halogens is 4. The van der Waals surface area contributed by atoms with Crippen LogP contribution in [-0.4, -0.2) is 57.1 Å². The van der Waals surface area contributed by atoms with Crippen LogP contribution in [-0.2, 0) is 15.4 Å². The Balaban J connectivity index is 0.000000188. The third kappa shape index (κ3) is 4.36. The van der Waals surface area contributed by atoms with Gasteiger partial charge in [0.05, 0.1) is 28.6 Å². The Bertz CT molecular complexity index is 1160. The number of nitrogens with two attached hydrogens (primary N) is 1. The highest BCUT2D eigenvalue weighted by molar-refractivity contribution is 7.90. The van der Waals surface area contributed by atoms with Crippen LogP contribution >= 0.6 is 11.6 Å². The number of hydrogen-bond donors (Lipinski definition) is 2. The largest absolute Gasteiger partial charge is 0.511 e. The van der Waals surface area contributed by atoms with Gasteiger partial charge in [-0.05, 0) is 25.7 Å². The van der Waals surface area contributed by atoms with E-state index in [4.69, 9.17) is 22.4 Å². The minimum absolute atomic E-state index is 0.0398. The van der Waals surface area contributed by atoms with Crippen LogP contribution in [0.3, 0.4) is 0 Å². The van der Waals surface area contributed by atoms with Crippen molar-refractivity contribution in [1.82, 2.24) is 18.9 Å². The van der Waals surface area contributed by atoms with E-state index in [2.05, 4.69) is 23.1 Å². The Hall–Kier alpha value is -2.14. The van der Waals surface area contributed by atoms with Gasteiger partial charge in [-0.2, -0.15) is 22.7 Å². The van der Waals surface area contributed by atoms with Crippen molar-refractivity contribution >= 4 is 33.1 Å². The predicted octanol–water partition coefficient (Wildman–Crippen LogP) is 2.57. The van der Waals surface area contributed by atoms with Crippen molar-refractivity contribution in [1.29, 1.82) is 5.26 Å². The number of anilines is 1. The van der Waals surface area contributed by atoms with Crippen molar-refractivity contribution in [3.05, 3.63) is 22.5 Å². The second kappa shape index (κ2) is 8.66. The number of piperidine rings is 1. The maximum Gasteiger partial charge on any atom is 0.511 e. The summed E-state index contributed by atoms with van der Waals surface area (Å²) in [6.45, 7) is 1.48. The van der Waals surface area contributed by atoms with Crippen LogP contribution in [0.1, 0.15) is 50.3 Å². The Morgan fingerprint density at radius 1 is 1.38 bits per heavy atom. The van der Waals surface area contributed by atoms with E-state index in [1.165, 1.54) is 0 Å². The molecule has 0 amide bonds. The monoisotopic (exact) mass is 494 g/mol. The first-order chi connectivity index (χ1) is 14.8. The molecular formula is C18H22ClF3N6O3S. The zero-order chi connectivity index (χ0) is 23.9. The van der Waals surface area contributed by atoms with Crippen molar-refractivity contribution in [3.8, 4) is 6.07 Å². The number of aromatic nitrogens is 3. The molecule has 14 heteroatoms. The number of sulfonamides is 1. The third-order valence-electron chi connectivity index (χ3n) is 5.77. The lowest BCUT2D eigenvalue weighted by Gasteiger charge is -2.38. The van der Waals surface area contributed by atoms with Gasteiger partial charge >= 0.3 is 15.5 Å². The average molecular weight is 495 g/mol. The number of β-amino-alcohol motifs (C(OH)–C–C–N with tert-alkyl or cyclic N) is 1. The average Bonchev–Trinajstić information content (AvgIpc) is 2.97. The first-order valence-corrected chi connectivity index (χ1v) is 11.6. The van der Waals surface area contributed by atoms with Crippen LogP contribution < -0.4 is 5.73 Å². The summed E-state index contributed by atoms with van der Waals surface area (Å²) in [5.41, 5.74) is 2.32. The first-order valence-electron chi connectivity index (χ1n) is 9.79. The van der Waals surface area contributed by atoms with Crippen molar-refractivity contribution in [3.63, 3.8) is 0 Å². The topological polar surface area (TPSA) is 138 Å². The van der Waals surface area contributed by atoms with Crippen molar-refractivity contribution < 1.29 is 26.7 Å². The molecule has 9 nitrogen and oxygen atoms in total. The highest BCUT2D eigenvalue weighted by atomic mass is 35.5. The van der Waals surface area contributed by atoms with Gasteiger partial charge in [0, 0.05) is 18.5 Å². The lowest BCUT2D eigenvalue weighted by atomic mass is 9.67. The summed E-state index contributed by atoms with van der Waals surface area (Å²) < 4.78 is 59.7. The first kappa shape index (κ1) is 24.5. The van der Waals surface area contributed by atoms with Gasteiger partial charge in [-0.15, -0.1) is 5.10 Å². The fraction of sp³-hybridized carbons (Fsp3) is 0.611. The fourth-order valence-corrected chi connectivity index (χ4v) is 5.20. The molecule has 0 radical (unpaired) electrons. The molecule has 0 aromatic carbocycles. The number of nitrogens with zero attached hydrogens (tertiary/aromatic N) is 5. The number of aliphatic hydroxyl groups is 1. The minimum atomic E-state index is -5.27. The van der Waals surface area contributed by atoms with Crippen molar-refractivity contribution in [2.45, 2.75) is 56.1 Å². The maximum atomic E-state index is 12.0. The Labute approximate surface area is 187 Å². The molecule has 32 heavy (non-hydrogen) atoms. The van der Waals surface area contributed by atoms with Crippen LogP contribution in [0.25, 0.3) is 5.52 Å². The van der Waals surface area contributed by atoms with Gasteiger partial charge in [0.2, 0.25) is 5.95 Å². The molecule has 2 aromatic rings. The van der Waals surface area contributed by atoms with Gasteiger partial charge in [0.25, 0.3) is 0 Å². The predicted molar refractivity (Wildman–Crippen MR) is 110 cm³/mol. The standard InChI is InChI=1S/C12H12ClN5.C6H10F3NO3S/c1-12(3-2-4-12)10-7(5-14)9(13)8-6-16-11(15)17-18(8)10;7-6(8,9)14(12,13)10-3-1-2-5(11)4-10/h6H,2-4H2,1H3,(H2,15,17);5,11H,1-4H2. The molecular weight excluding hydrogens is 473 g/mol. The summed E-state index contributed by atoms with van der Waals surface area (Å²) in [6, 6.07) is 2.19. The molecule has 2 aromatic heterocycles. The van der Waals surface area contributed by atoms with Crippen LogP contribution in [0.2, 0.25) is 5.02 Å². The van der Waals surface area contributed by atoms with E-state index >= 15 is 0 Å². The summed E-state index contributed by atoms with van der Waals surface area (Å²) >= 11 is 6.24. The number of hydrogen-bond acceptors (Lipinski definition) is 7. The van der Waals surface area contributed by atoms with Crippen LogP contribution in [0.15, 0.2) is 6.20 Å². The van der Waals surface area contributed by atoms with Crippen LogP contribution in [0, 0.1) is 11.3 Å². The molecule has 176 valence electrons. The van der Waals surface area contributed by atoms with E-state index in [9.17, 15) is 26.9 Å². The number of rotatable bonds is 2. The van der Waals surface area contributed by atoms with Gasteiger partial charge in [-0.1, -0.05) is 24.9 Å². The van der Waals surface area contributed by atoms with E-state index in [1.807, 2.05) is 0 Å². The minimum Gasteiger partial charge on any atom is -0.392 e. The lowest BCUT2D eigenvalue weighted by molar-refractivity contribution is -0.0508. The van der Waals surface area contributed by atoms with E-state index < -0.39 is 28.2 Å². The quantitative estimate of drug-likeness (QED) is 0.654. The fourth-order valence-electron chi connectivity index (χ4n) is 3.91. The lowest BCUT2D eigenvalue weighted by Crippen LogP contribution is -2.47. The number of alkyl halides is 3. The van der Waals surface area contributed by atoms with Crippen LogP contribution in [0.5, 0.6) is 0 Å². The molecule has 3 heterocycles. The van der Waals surface area contributed by atoms with Crippen molar-refractivity contribution in [2.24, 2.45) is 0 Å². The smallest absolute Gasteiger partial charge is 0.392 e. The molecule has 1 atom stereocenters. The Morgan fingerprint density at radius 2 is 2.03 bits per heavy atom. The molecule has 2 aliphatic rings. The molecule has 0 spiro atoms. The Kier molecular flexibility index (Phi) is 6.63. The highest BCUT2D eigenvalue weighted by Crippen LogP contribution is 2.46. The highest BCUT2D eigenvalue weighted by Gasteiger charge is 2.50. The third-order valence-corrected chi connectivity index (χ3v) is 7.75. The number of nitrogen functional groups attached to an aromatic ring is 1. The van der Waals surface area contributed by atoms with Crippen LogP contribution in [0.4, 0.5) is 19.1 Å². The van der Waals surface area contributed by atoms with Gasteiger partial charge < -0.3 is 10.8 Å². The molecule has 1 unspecified atom stereocenters. The molecule has 1 saturated heterocycles. The molecule has 1 saturated carbocycles. The van der Waals surface area contributed by atoms with E-state index in [-0.39, 0.29) is 28.6 Å². The van der Waals surface area contributed by atoms with Gasteiger partial charge in [-0.3, -0.25) is 0 Å². The van der Waals surface area contributed by atoms with Gasteiger partial charge in [-0.25, -0.2) is 17.9 Å². The van der Waals surface area contributed by atoms with E-state index in [1.54, 1.807) is 10.7 Å². The molecule has 3 N–H and O–H groups in total. The SMILES string of the molecule is CC1(c2c(C#N)c(Cl)c3cnc(N)nn23)CCC1.O=S(=O)(N1CCCC(O)C1)C(F)(F)F. The van der Waals surface area contributed by atoms with Gasteiger partial charge in [0.15, 0.2) is 0 Å².